The molecule has 4 nitrogen and oxygen atoms in total. The summed E-state index contributed by atoms with van der Waals surface area (Å²) < 4.78 is 5.21. The molecule has 1 heterocycles. The minimum absolute atomic E-state index is 0.120. The molecular weight excluding hydrogens is 240 g/mol. The summed E-state index contributed by atoms with van der Waals surface area (Å²) in [5.74, 6) is 2.15. The predicted octanol–water partition coefficient (Wildman–Crippen LogP) is 2.34. The summed E-state index contributed by atoms with van der Waals surface area (Å²) in [4.78, 5) is 11.7. The van der Waals surface area contributed by atoms with Gasteiger partial charge in [-0.25, -0.2) is 0 Å². The van der Waals surface area contributed by atoms with Crippen LogP contribution in [0.25, 0.3) is 0 Å². The molecule has 1 rings (SSSR count). The number of nitrogens with two attached hydrogens (primary N) is 1. The highest BCUT2D eigenvalue weighted by Gasteiger charge is 2.14. The van der Waals surface area contributed by atoms with E-state index in [4.69, 9.17) is 10.2 Å². The van der Waals surface area contributed by atoms with Crippen LogP contribution >= 0.6 is 0 Å². The lowest BCUT2D eigenvalue weighted by atomic mass is 9.88. The van der Waals surface area contributed by atoms with Crippen LogP contribution in [0.4, 0.5) is 0 Å². The first-order chi connectivity index (χ1) is 9.13. The van der Waals surface area contributed by atoms with Gasteiger partial charge in [0.25, 0.3) is 0 Å². The van der Waals surface area contributed by atoms with E-state index < -0.39 is 0 Å². The molecule has 3 N–H and O–H groups in total. The van der Waals surface area contributed by atoms with Gasteiger partial charge < -0.3 is 15.5 Å². The third-order valence-electron chi connectivity index (χ3n) is 3.50. The number of hydrogen-bond donors (Lipinski definition) is 2. The molecule has 19 heavy (non-hydrogen) atoms. The highest BCUT2D eigenvalue weighted by molar-refractivity contribution is 5.75. The van der Waals surface area contributed by atoms with E-state index in [9.17, 15) is 4.79 Å². The van der Waals surface area contributed by atoms with Crippen LogP contribution in [0.15, 0.2) is 22.8 Å². The van der Waals surface area contributed by atoms with E-state index in [2.05, 4.69) is 19.2 Å². The number of rotatable bonds is 9. The summed E-state index contributed by atoms with van der Waals surface area (Å²) in [7, 11) is 0. The van der Waals surface area contributed by atoms with Crippen LogP contribution in [-0.4, -0.2) is 19.0 Å². The third kappa shape index (κ3) is 6.43. The maximum absolute atomic E-state index is 11.7. The van der Waals surface area contributed by atoms with Crippen molar-refractivity contribution in [2.24, 2.45) is 17.6 Å². The molecule has 0 fully saturated rings. The fraction of sp³-hybridized carbons (Fsp3) is 0.667. The Morgan fingerprint density at radius 1 is 1.42 bits per heavy atom. The van der Waals surface area contributed by atoms with Gasteiger partial charge in [0, 0.05) is 19.4 Å². The molecule has 1 aromatic rings. The molecule has 0 aliphatic rings. The summed E-state index contributed by atoms with van der Waals surface area (Å²) in [6.45, 7) is 5.71. The van der Waals surface area contributed by atoms with E-state index in [0.717, 1.165) is 25.0 Å². The summed E-state index contributed by atoms with van der Waals surface area (Å²) >= 11 is 0. The molecule has 108 valence electrons. The summed E-state index contributed by atoms with van der Waals surface area (Å²) in [6.07, 6.45) is 4.89. The number of carbonyl (C=O) groups is 1. The Bertz CT molecular complexity index is 347. The Kier molecular flexibility index (Phi) is 7.26. The van der Waals surface area contributed by atoms with E-state index >= 15 is 0 Å². The summed E-state index contributed by atoms with van der Waals surface area (Å²) in [5.41, 5.74) is 5.60. The van der Waals surface area contributed by atoms with Gasteiger partial charge in [0.2, 0.25) is 5.91 Å². The first-order valence-electron chi connectivity index (χ1n) is 7.12. The first kappa shape index (κ1) is 15.8. The lowest BCUT2D eigenvalue weighted by molar-refractivity contribution is -0.121. The van der Waals surface area contributed by atoms with Crippen LogP contribution in [0, 0.1) is 11.8 Å². The van der Waals surface area contributed by atoms with Crippen LogP contribution in [0.5, 0.6) is 0 Å². The Labute approximate surface area is 115 Å². The molecule has 1 amide bonds. The van der Waals surface area contributed by atoms with E-state index in [1.54, 1.807) is 6.26 Å². The van der Waals surface area contributed by atoms with Crippen molar-refractivity contribution >= 4 is 5.91 Å². The maximum Gasteiger partial charge on any atom is 0.220 e. The molecule has 1 aromatic heterocycles. The fourth-order valence-electron chi connectivity index (χ4n) is 2.21. The number of amides is 1. The van der Waals surface area contributed by atoms with E-state index in [1.807, 2.05) is 12.1 Å². The number of nitrogens with one attached hydrogen (secondary N) is 1. The van der Waals surface area contributed by atoms with Gasteiger partial charge in [-0.1, -0.05) is 13.8 Å². The topological polar surface area (TPSA) is 68.3 Å². The van der Waals surface area contributed by atoms with E-state index in [1.165, 1.54) is 0 Å². The Hall–Kier alpha value is -1.29. The average molecular weight is 266 g/mol. The quantitative estimate of drug-likeness (QED) is 0.721. The second-order valence-corrected chi connectivity index (χ2v) is 5.30. The van der Waals surface area contributed by atoms with Gasteiger partial charge in [0.1, 0.15) is 5.76 Å². The normalized spacial score (nSPS) is 12.6. The molecule has 0 bridgehead atoms. The Balaban J connectivity index is 2.16. The molecule has 0 saturated carbocycles. The van der Waals surface area contributed by atoms with Gasteiger partial charge in [0.05, 0.1) is 6.26 Å². The minimum atomic E-state index is 0.120. The molecule has 0 aromatic carbocycles. The highest BCUT2D eigenvalue weighted by Crippen LogP contribution is 2.20. The van der Waals surface area contributed by atoms with Gasteiger partial charge in [-0.15, -0.1) is 0 Å². The number of hydrogen-bond acceptors (Lipinski definition) is 3. The molecule has 0 aliphatic carbocycles. The zero-order valence-corrected chi connectivity index (χ0v) is 12.0. The Morgan fingerprint density at radius 3 is 2.79 bits per heavy atom. The minimum Gasteiger partial charge on any atom is -0.469 e. The van der Waals surface area contributed by atoms with Gasteiger partial charge in [-0.05, 0) is 43.4 Å². The van der Waals surface area contributed by atoms with Gasteiger partial charge in [-0.3, -0.25) is 4.79 Å². The monoisotopic (exact) mass is 266 g/mol. The SMILES string of the molecule is CC(C)C(CCN)CCC(=O)NCCc1ccco1. The standard InChI is InChI=1S/C15H26N2O2/c1-12(2)13(7-9-16)5-6-15(18)17-10-8-14-4-3-11-19-14/h3-4,11-13H,5-10,16H2,1-2H3,(H,17,18). The largest absolute Gasteiger partial charge is 0.469 e. The van der Waals surface area contributed by atoms with Crippen molar-refractivity contribution < 1.29 is 9.21 Å². The van der Waals surface area contributed by atoms with Crippen LogP contribution < -0.4 is 11.1 Å². The molecule has 1 atom stereocenters. The molecule has 0 saturated heterocycles. The van der Waals surface area contributed by atoms with Crippen molar-refractivity contribution in [2.75, 3.05) is 13.1 Å². The molecule has 0 spiro atoms. The molecule has 4 heteroatoms. The summed E-state index contributed by atoms with van der Waals surface area (Å²) in [6, 6.07) is 3.78. The van der Waals surface area contributed by atoms with Crippen LogP contribution in [0.3, 0.4) is 0 Å². The van der Waals surface area contributed by atoms with Crippen molar-refractivity contribution in [1.82, 2.24) is 5.32 Å². The van der Waals surface area contributed by atoms with Gasteiger partial charge in [-0.2, -0.15) is 0 Å². The molecule has 0 aliphatic heterocycles. The molecule has 1 unspecified atom stereocenters. The predicted molar refractivity (Wildman–Crippen MR) is 76.7 cm³/mol. The lowest BCUT2D eigenvalue weighted by Crippen LogP contribution is -2.26. The average Bonchev–Trinajstić information content (AvgIpc) is 2.87. The molecular formula is C15H26N2O2. The van der Waals surface area contributed by atoms with Crippen molar-refractivity contribution in [3.05, 3.63) is 24.2 Å². The van der Waals surface area contributed by atoms with Crippen molar-refractivity contribution in [3.8, 4) is 0 Å². The van der Waals surface area contributed by atoms with E-state index in [-0.39, 0.29) is 5.91 Å². The fourth-order valence-corrected chi connectivity index (χ4v) is 2.21. The van der Waals surface area contributed by atoms with Crippen molar-refractivity contribution in [1.29, 1.82) is 0 Å². The maximum atomic E-state index is 11.7. The van der Waals surface area contributed by atoms with Crippen LogP contribution in [0.1, 0.15) is 38.9 Å². The first-order valence-corrected chi connectivity index (χ1v) is 7.12. The van der Waals surface area contributed by atoms with Crippen LogP contribution in [0.2, 0.25) is 0 Å². The van der Waals surface area contributed by atoms with Crippen molar-refractivity contribution in [2.45, 2.75) is 39.5 Å². The second kappa shape index (κ2) is 8.75. The lowest BCUT2D eigenvalue weighted by Gasteiger charge is -2.19. The zero-order valence-electron chi connectivity index (χ0n) is 12.0. The summed E-state index contributed by atoms with van der Waals surface area (Å²) in [5, 5.41) is 2.93. The van der Waals surface area contributed by atoms with E-state index in [0.29, 0.717) is 31.3 Å². The third-order valence-corrected chi connectivity index (χ3v) is 3.50. The number of carbonyl (C=O) groups excluding carboxylic acids is 1. The van der Waals surface area contributed by atoms with Gasteiger partial charge >= 0.3 is 0 Å². The zero-order chi connectivity index (χ0) is 14.1. The van der Waals surface area contributed by atoms with Crippen molar-refractivity contribution in [3.63, 3.8) is 0 Å². The smallest absolute Gasteiger partial charge is 0.220 e. The Morgan fingerprint density at radius 2 is 2.21 bits per heavy atom. The number of furan rings is 1. The highest BCUT2D eigenvalue weighted by atomic mass is 16.3. The van der Waals surface area contributed by atoms with Gasteiger partial charge in [0.15, 0.2) is 0 Å². The van der Waals surface area contributed by atoms with Crippen LogP contribution in [-0.2, 0) is 11.2 Å². The molecule has 0 radical (unpaired) electrons. The second-order valence-electron chi connectivity index (χ2n) is 5.30.